The lowest BCUT2D eigenvalue weighted by Gasteiger charge is -2.50. The number of methoxy groups -OCH3 is 1. The van der Waals surface area contributed by atoms with E-state index < -0.39 is 5.82 Å². The molecule has 39 heavy (non-hydrogen) atoms. The number of likely N-dealkylation sites (tertiary alicyclic amines) is 1. The van der Waals surface area contributed by atoms with E-state index in [1.807, 2.05) is 24.3 Å². The van der Waals surface area contributed by atoms with Crippen molar-refractivity contribution in [2.45, 2.75) is 30.8 Å². The van der Waals surface area contributed by atoms with Gasteiger partial charge in [0.25, 0.3) is 5.91 Å². The molecule has 1 N–H and O–H groups in total. The van der Waals surface area contributed by atoms with E-state index in [0.717, 1.165) is 42.9 Å². The maximum Gasteiger partial charge on any atom is 0.256 e. The first-order valence-corrected chi connectivity index (χ1v) is 13.6. The minimum atomic E-state index is -0.481. The first-order chi connectivity index (χ1) is 19.0. The third-order valence-corrected chi connectivity index (χ3v) is 8.76. The molecule has 0 unspecified atom stereocenters. The molecular weight excluding hydrogens is 493 g/mol. The zero-order valence-electron chi connectivity index (χ0n) is 22.4. The van der Waals surface area contributed by atoms with E-state index in [1.54, 1.807) is 30.2 Å². The van der Waals surface area contributed by atoms with Crippen LogP contribution in [0.15, 0.2) is 72.8 Å². The van der Waals surface area contributed by atoms with E-state index in [-0.39, 0.29) is 29.5 Å². The van der Waals surface area contributed by atoms with Gasteiger partial charge >= 0.3 is 0 Å². The van der Waals surface area contributed by atoms with Gasteiger partial charge in [-0.15, -0.1) is 0 Å². The number of rotatable bonds is 5. The lowest BCUT2D eigenvalue weighted by Crippen LogP contribution is -2.54. The molecule has 2 aliphatic rings. The third-order valence-electron chi connectivity index (χ3n) is 8.76. The van der Waals surface area contributed by atoms with Crippen molar-refractivity contribution in [3.05, 3.63) is 101 Å². The summed E-state index contributed by atoms with van der Waals surface area (Å²) >= 11 is 0. The maximum atomic E-state index is 14.4. The quantitative estimate of drug-likeness (QED) is 0.395. The molecule has 1 aromatic heterocycles. The molecule has 1 amide bonds. The van der Waals surface area contributed by atoms with Crippen LogP contribution < -0.4 is 4.74 Å². The van der Waals surface area contributed by atoms with Crippen LogP contribution in [0.3, 0.4) is 0 Å². The Morgan fingerprint density at radius 3 is 2.46 bits per heavy atom. The van der Waals surface area contributed by atoms with Crippen LogP contribution in [0.25, 0.3) is 10.9 Å². The van der Waals surface area contributed by atoms with E-state index in [2.05, 4.69) is 40.8 Å². The Labute approximate surface area is 228 Å². The maximum absolute atomic E-state index is 14.4. The van der Waals surface area contributed by atoms with Crippen molar-refractivity contribution in [1.82, 2.24) is 14.4 Å². The molecular formula is C32H34FN3O3. The smallest absolute Gasteiger partial charge is 0.256 e. The fourth-order valence-electron chi connectivity index (χ4n) is 6.80. The predicted molar refractivity (Wildman–Crippen MR) is 149 cm³/mol. The van der Waals surface area contributed by atoms with Crippen LogP contribution in [0.1, 0.15) is 46.1 Å². The minimum absolute atomic E-state index is 0.00903. The van der Waals surface area contributed by atoms with Crippen LogP contribution in [0.4, 0.5) is 4.39 Å². The van der Waals surface area contributed by atoms with E-state index in [1.165, 1.54) is 22.6 Å². The summed E-state index contributed by atoms with van der Waals surface area (Å²) in [5.74, 6) is 0.0584. The fourth-order valence-corrected chi connectivity index (χ4v) is 6.80. The third kappa shape index (κ3) is 4.30. The van der Waals surface area contributed by atoms with Crippen LogP contribution in [0, 0.1) is 5.82 Å². The molecule has 6 nitrogen and oxygen atoms in total. The number of piperidine rings is 1. The molecule has 4 aromatic rings. The number of nitrogens with zero attached hydrogens (tertiary/aromatic N) is 3. The molecule has 202 valence electrons. The van der Waals surface area contributed by atoms with Crippen LogP contribution in [0.2, 0.25) is 0 Å². The van der Waals surface area contributed by atoms with Crippen molar-refractivity contribution in [1.29, 1.82) is 0 Å². The highest BCUT2D eigenvalue weighted by atomic mass is 19.1. The number of ether oxygens (including phenoxy) is 1. The number of hydrogen-bond donors (Lipinski definition) is 1. The molecule has 2 aliphatic heterocycles. The summed E-state index contributed by atoms with van der Waals surface area (Å²) in [4.78, 5) is 17.4. The number of carbonyl (C=O) groups excluding carboxylic acids is 1. The second-order valence-electron chi connectivity index (χ2n) is 10.8. The van der Waals surface area contributed by atoms with Gasteiger partial charge in [-0.1, -0.05) is 42.5 Å². The minimum Gasteiger partial charge on any atom is -0.497 e. The van der Waals surface area contributed by atoms with Gasteiger partial charge in [-0.25, -0.2) is 4.39 Å². The largest absolute Gasteiger partial charge is 0.497 e. The number of amides is 1. The summed E-state index contributed by atoms with van der Waals surface area (Å²) in [6.45, 7) is 2.59. The van der Waals surface area contributed by atoms with E-state index >= 15 is 0 Å². The number of fused-ring (bicyclic) bond motifs is 4. The lowest BCUT2D eigenvalue weighted by molar-refractivity contribution is 0.0372. The highest BCUT2D eigenvalue weighted by molar-refractivity contribution is 5.94. The van der Waals surface area contributed by atoms with Crippen molar-refractivity contribution in [3.8, 4) is 5.75 Å². The zero-order valence-corrected chi connectivity index (χ0v) is 22.4. The van der Waals surface area contributed by atoms with Gasteiger partial charge in [0, 0.05) is 55.8 Å². The number of aliphatic hydroxyl groups is 1. The molecule has 3 heterocycles. The van der Waals surface area contributed by atoms with Gasteiger partial charge in [0.05, 0.1) is 30.8 Å². The Morgan fingerprint density at radius 1 is 1.05 bits per heavy atom. The molecule has 0 saturated carbocycles. The molecule has 0 aliphatic carbocycles. The van der Waals surface area contributed by atoms with Gasteiger partial charge in [0.15, 0.2) is 0 Å². The van der Waals surface area contributed by atoms with Crippen molar-refractivity contribution in [3.63, 3.8) is 0 Å². The van der Waals surface area contributed by atoms with Gasteiger partial charge < -0.3 is 19.3 Å². The van der Waals surface area contributed by atoms with Crippen LogP contribution >= 0.6 is 0 Å². The van der Waals surface area contributed by atoms with Crippen molar-refractivity contribution in [2.24, 2.45) is 7.05 Å². The van der Waals surface area contributed by atoms with Crippen molar-refractivity contribution < 1.29 is 19.0 Å². The van der Waals surface area contributed by atoms with Gasteiger partial charge in [-0.05, 0) is 48.2 Å². The second-order valence-corrected chi connectivity index (χ2v) is 10.8. The summed E-state index contributed by atoms with van der Waals surface area (Å²) in [6, 6.07) is 22.6. The topological polar surface area (TPSA) is 57.9 Å². The number of aromatic nitrogens is 1. The zero-order chi connectivity index (χ0) is 27.1. The Balaban J connectivity index is 1.42. The molecule has 0 radical (unpaired) electrons. The summed E-state index contributed by atoms with van der Waals surface area (Å²) < 4.78 is 22.2. The standard InChI is InChI=1S/C32H34FN3O3/c1-34-27-18-23(39-2)12-13-25(27)29-30(34)28(20-37)36(19-22-8-4-3-5-9-22)21-32(29)14-16-35(17-15-32)31(38)24-10-6-7-11-26(24)33/h3-13,18,28,37H,14-17,19-21H2,1-2H3/t28-/m0/s1. The van der Waals surface area contributed by atoms with E-state index in [4.69, 9.17) is 4.74 Å². The van der Waals surface area contributed by atoms with Crippen molar-refractivity contribution >= 4 is 16.8 Å². The average Bonchev–Trinajstić information content (AvgIpc) is 3.26. The number of aryl methyl sites for hydroxylation is 1. The van der Waals surface area contributed by atoms with Crippen LogP contribution in [-0.2, 0) is 19.0 Å². The molecule has 3 aromatic carbocycles. The Kier molecular flexibility index (Phi) is 6.65. The summed E-state index contributed by atoms with van der Waals surface area (Å²) in [5.41, 5.74) is 4.57. The Hall–Kier alpha value is -3.68. The molecule has 7 heteroatoms. The van der Waals surface area contributed by atoms with Crippen LogP contribution in [-0.4, -0.2) is 58.7 Å². The van der Waals surface area contributed by atoms with E-state index in [0.29, 0.717) is 13.1 Å². The van der Waals surface area contributed by atoms with Gasteiger partial charge in [-0.3, -0.25) is 9.69 Å². The molecule has 1 fully saturated rings. The molecule has 0 bridgehead atoms. The monoisotopic (exact) mass is 527 g/mol. The summed E-state index contributed by atoms with van der Waals surface area (Å²) in [7, 11) is 3.74. The number of carbonyl (C=O) groups is 1. The predicted octanol–water partition coefficient (Wildman–Crippen LogP) is 5.05. The molecule has 1 atom stereocenters. The average molecular weight is 528 g/mol. The van der Waals surface area contributed by atoms with Crippen molar-refractivity contribution in [2.75, 3.05) is 33.4 Å². The Bertz CT molecular complexity index is 1510. The number of halogens is 1. The SMILES string of the molecule is COc1ccc2c3c(n(C)c2c1)[C@H](CO)N(Cc1ccccc1)CC31CCN(C(=O)c2ccccc2F)CC1. The molecule has 1 saturated heterocycles. The number of benzene rings is 3. The van der Waals surface area contributed by atoms with Crippen LogP contribution in [0.5, 0.6) is 5.75 Å². The summed E-state index contributed by atoms with van der Waals surface area (Å²) in [6.07, 6.45) is 1.52. The van der Waals surface area contributed by atoms with E-state index in [9.17, 15) is 14.3 Å². The first kappa shape index (κ1) is 25.6. The van der Waals surface area contributed by atoms with Gasteiger partial charge in [0.2, 0.25) is 0 Å². The number of hydrogen-bond acceptors (Lipinski definition) is 4. The van der Waals surface area contributed by atoms with Gasteiger partial charge in [0.1, 0.15) is 11.6 Å². The normalized spacial score (nSPS) is 18.9. The lowest BCUT2D eigenvalue weighted by atomic mass is 9.68. The summed E-state index contributed by atoms with van der Waals surface area (Å²) in [5, 5.41) is 11.9. The van der Waals surface area contributed by atoms with Gasteiger partial charge in [-0.2, -0.15) is 0 Å². The Morgan fingerprint density at radius 2 is 1.77 bits per heavy atom. The second kappa shape index (κ2) is 10.1. The fraction of sp³-hybridized carbons (Fsp3) is 0.344. The molecule has 1 spiro atoms. The molecule has 6 rings (SSSR count). The number of aliphatic hydroxyl groups excluding tert-OH is 1. The highest BCUT2D eigenvalue weighted by Gasteiger charge is 2.48. The first-order valence-electron chi connectivity index (χ1n) is 13.6. The highest BCUT2D eigenvalue weighted by Crippen LogP contribution is 2.50.